The van der Waals surface area contributed by atoms with Crippen molar-refractivity contribution < 1.29 is 35.7 Å². The number of hydrogen-bond donors (Lipinski definition) is 0. The van der Waals surface area contributed by atoms with E-state index in [0.717, 1.165) is 50.8 Å². The Balaban J connectivity index is 0.000000480. The molecule has 0 amide bonds. The average Bonchev–Trinajstić information content (AvgIpc) is 4.40. The molecule has 0 aliphatic rings. The maximum Gasteiger partial charge on any atom is 0.190 e. The number of thiophene rings is 2. The van der Waals surface area contributed by atoms with Crippen LogP contribution in [0.5, 0.6) is 0 Å². The minimum absolute atomic E-state index is 0.332. The van der Waals surface area contributed by atoms with Gasteiger partial charge in [0.25, 0.3) is 0 Å². The Morgan fingerprint density at radius 2 is 1.26 bits per heavy atom. The van der Waals surface area contributed by atoms with Crippen LogP contribution in [0.15, 0.2) is 217 Å². The highest BCUT2D eigenvalue weighted by Gasteiger charge is 2.14. The average molecular weight is 1330 g/mol. The molecule has 0 bridgehead atoms. The summed E-state index contributed by atoms with van der Waals surface area (Å²) in [5, 5.41) is 17.7. The van der Waals surface area contributed by atoms with Crippen LogP contribution in [0.4, 0.5) is 0 Å². The minimum Gasteiger partial charge on any atom is -0.472 e. The van der Waals surface area contributed by atoms with E-state index in [9.17, 15) is 0 Å². The second-order valence-corrected chi connectivity index (χ2v) is 25.4. The number of hydrogen-bond acceptors (Lipinski definition) is 24. The molecule has 0 fully saturated rings. The number of oxazole rings is 3. The molecule has 24 heteroatoms. The molecule has 0 aliphatic heterocycles. The number of furan rings is 2. The van der Waals surface area contributed by atoms with E-state index in [0.29, 0.717) is 5.41 Å². The predicted molar refractivity (Wildman–Crippen MR) is 363 cm³/mol. The molecule has 89 heavy (non-hydrogen) atoms. The Labute approximate surface area is 548 Å². The van der Waals surface area contributed by atoms with Gasteiger partial charge in [-0.05, 0) is 173 Å². The van der Waals surface area contributed by atoms with Gasteiger partial charge in [0.15, 0.2) is 18.7 Å². The number of rotatable bonds is 0. The fraction of sp³-hybridized carbons (Fsp3) is 0.292. The fourth-order valence-electron chi connectivity index (χ4n) is 4.89. The van der Waals surface area contributed by atoms with Crippen LogP contribution in [-0.4, -0.2) is 49.7 Å². The standard InChI is InChI=1S/C9H14S.C6H8S.2C5H6O.6C4H5NO.4C4H5NS/c1-7-5-6-8(10-7)9(2,3)4;1-5-3-6(2)7-4-5;1-5-2-3-6-4-5;1-5-3-2-4-6-5;1-4-2-6-3-5-4;1-4-2-5-3-6-4;1-4-2-5-6-3-4;1-4-5-2-3-6-4;1-4-2-3-6-5-4;1-4-2-3-5-6-4;1-4-2-6-3-5-4;1-4-2-5-3-6-4;1-4-5-2-3-6-4;1-4-2-3-5-6-4/h5-6H,1-4H3;3-4H,1-2H3;2*2-4H,1H3;10*2-3H,1H3. The van der Waals surface area contributed by atoms with Gasteiger partial charge in [-0.3, -0.25) is 15.0 Å². The third-order valence-corrected chi connectivity index (χ3v) is 14.4. The monoisotopic (exact) mass is 1320 g/mol. The van der Waals surface area contributed by atoms with E-state index in [1.54, 1.807) is 145 Å². The summed E-state index contributed by atoms with van der Waals surface area (Å²) in [6, 6.07) is 17.9. The first kappa shape index (κ1) is 78.8. The molecule has 0 aromatic carbocycles. The molecule has 0 saturated heterocycles. The molecule has 14 aromatic rings. The molecule has 0 spiro atoms. The molecule has 14 heterocycles. The summed E-state index contributed by atoms with van der Waals surface area (Å²) >= 11 is 10.2. The second-order valence-electron chi connectivity index (χ2n) is 19.1. The lowest BCUT2D eigenvalue weighted by Gasteiger charge is -2.14. The molecule has 14 aromatic heterocycles. The van der Waals surface area contributed by atoms with E-state index in [4.69, 9.17) is 17.7 Å². The van der Waals surface area contributed by atoms with Crippen LogP contribution in [0.3, 0.4) is 0 Å². The zero-order chi connectivity index (χ0) is 65.9. The molecule has 0 N–H and O–H groups in total. The van der Waals surface area contributed by atoms with E-state index in [1.165, 1.54) is 59.8 Å². The lowest BCUT2D eigenvalue weighted by atomic mass is 9.95. The van der Waals surface area contributed by atoms with Crippen molar-refractivity contribution in [3.05, 3.63) is 268 Å². The molecule has 0 aliphatic carbocycles. The highest BCUT2D eigenvalue weighted by atomic mass is 32.1. The van der Waals surface area contributed by atoms with Crippen molar-refractivity contribution in [2.75, 3.05) is 0 Å². The smallest absolute Gasteiger partial charge is 0.190 e. The van der Waals surface area contributed by atoms with Gasteiger partial charge in [0, 0.05) is 84.1 Å². The van der Waals surface area contributed by atoms with Gasteiger partial charge in [-0.2, -0.15) is 0 Å². The Hall–Kier alpha value is -8.26. The lowest BCUT2D eigenvalue weighted by Crippen LogP contribution is -2.07. The topological polar surface area (TPSA) is 234 Å². The summed E-state index contributed by atoms with van der Waals surface area (Å²) < 4.78 is 41.0. The van der Waals surface area contributed by atoms with Crippen molar-refractivity contribution in [1.29, 1.82) is 0 Å². The van der Waals surface area contributed by atoms with Crippen molar-refractivity contribution >= 4 is 68.2 Å². The third kappa shape index (κ3) is 48.4. The Bertz CT molecular complexity index is 2810. The van der Waals surface area contributed by atoms with Crippen molar-refractivity contribution in [2.24, 2.45) is 0 Å². The molecular formula is C65H84N10O8S6. The second kappa shape index (κ2) is 49.7. The summed E-state index contributed by atoms with van der Waals surface area (Å²) in [6.45, 7) is 36.3. The highest BCUT2D eigenvalue weighted by molar-refractivity contribution is 7.12. The first-order chi connectivity index (χ1) is 42.5. The Morgan fingerprint density at radius 1 is 0.461 bits per heavy atom. The van der Waals surface area contributed by atoms with Gasteiger partial charge in [-0.15, -0.1) is 56.7 Å². The van der Waals surface area contributed by atoms with Crippen LogP contribution < -0.4 is 0 Å². The SMILES string of the molecule is Cc1ccc(C(C)(C)C)s1.Cc1ccco1.Cc1ccno1.Cc1ccns1.Cc1ccoc1.Cc1ccon1.Cc1cnco1.Cc1cncs1.Cc1cnoc1.Cc1cocn1.Cc1csc(C)c1.Cc1cscn1.Cc1ncco1.Cc1nccs1. The number of aryl methyl sites for hydroxylation is 15. The van der Waals surface area contributed by atoms with Crippen LogP contribution in [0.25, 0.3) is 0 Å². The third-order valence-electron chi connectivity index (χ3n) is 9.26. The van der Waals surface area contributed by atoms with Crippen LogP contribution in [0.2, 0.25) is 0 Å². The predicted octanol–water partition coefficient (Wildman–Crippen LogP) is 20.6. The normalized spacial score (nSPS) is 9.24. The Kier molecular flexibility index (Phi) is 44.0. The van der Waals surface area contributed by atoms with Crippen molar-refractivity contribution in [3.8, 4) is 0 Å². The molecule has 18 nitrogen and oxygen atoms in total. The van der Waals surface area contributed by atoms with Gasteiger partial charge in [-0.1, -0.05) is 36.2 Å². The Morgan fingerprint density at radius 3 is 1.43 bits per heavy atom. The zero-order valence-corrected chi connectivity index (χ0v) is 58.9. The quantitative estimate of drug-likeness (QED) is 0.137. The minimum atomic E-state index is 0.332. The van der Waals surface area contributed by atoms with Crippen LogP contribution in [-0.2, 0) is 5.41 Å². The summed E-state index contributed by atoms with van der Waals surface area (Å²) in [5.41, 5.74) is 10.6. The van der Waals surface area contributed by atoms with Gasteiger partial charge in [0.1, 0.15) is 42.3 Å². The van der Waals surface area contributed by atoms with E-state index in [1.807, 2.05) is 140 Å². The van der Waals surface area contributed by atoms with Crippen LogP contribution in [0, 0.1) is 104 Å². The van der Waals surface area contributed by atoms with E-state index in [2.05, 4.69) is 133 Å². The molecule has 478 valence electrons. The summed E-state index contributed by atoms with van der Waals surface area (Å²) in [4.78, 5) is 29.7. The summed E-state index contributed by atoms with van der Waals surface area (Å²) in [5.74, 6) is 3.40. The van der Waals surface area contributed by atoms with E-state index in [-0.39, 0.29) is 0 Å². The number of nitrogens with zero attached hydrogens (tertiary/aromatic N) is 10. The molecule has 0 unspecified atom stereocenters. The number of thiazole rings is 3. The molecule has 0 radical (unpaired) electrons. The van der Waals surface area contributed by atoms with Gasteiger partial charge in [0.05, 0.1) is 71.0 Å². The van der Waals surface area contributed by atoms with Gasteiger partial charge in [-0.25, -0.2) is 19.3 Å². The maximum atomic E-state index is 4.83. The number of aromatic nitrogens is 10. The molecule has 14 rings (SSSR count). The molecular weight excluding hydrogens is 1240 g/mol. The van der Waals surface area contributed by atoms with Crippen LogP contribution in [0.1, 0.15) is 107 Å². The lowest BCUT2D eigenvalue weighted by molar-refractivity contribution is 0.397. The van der Waals surface area contributed by atoms with E-state index < -0.39 is 0 Å². The summed E-state index contributed by atoms with van der Waals surface area (Å²) in [6.07, 6.45) is 26.2. The zero-order valence-electron chi connectivity index (χ0n) is 54.0. The van der Waals surface area contributed by atoms with Gasteiger partial charge in [0.2, 0.25) is 0 Å². The first-order valence-electron chi connectivity index (χ1n) is 27.2. The van der Waals surface area contributed by atoms with Crippen molar-refractivity contribution in [3.63, 3.8) is 0 Å². The first-order valence-corrected chi connectivity index (χ1v) is 32.4. The highest BCUT2D eigenvalue weighted by Crippen LogP contribution is 2.28. The van der Waals surface area contributed by atoms with Gasteiger partial charge >= 0.3 is 0 Å². The summed E-state index contributed by atoms with van der Waals surface area (Å²) in [7, 11) is 0. The maximum absolute atomic E-state index is 4.83. The fourth-order valence-corrected chi connectivity index (χ4v) is 8.31. The van der Waals surface area contributed by atoms with Crippen LogP contribution >= 0.6 is 68.2 Å². The largest absolute Gasteiger partial charge is 0.472 e. The van der Waals surface area contributed by atoms with Gasteiger partial charge < -0.3 is 35.7 Å². The molecule has 0 saturated carbocycles. The van der Waals surface area contributed by atoms with Crippen molar-refractivity contribution in [1.82, 2.24) is 49.7 Å². The molecule has 0 atom stereocenters. The van der Waals surface area contributed by atoms with Crippen molar-refractivity contribution in [2.45, 2.75) is 130 Å². The van der Waals surface area contributed by atoms with E-state index >= 15 is 0 Å².